The van der Waals surface area contributed by atoms with Crippen molar-refractivity contribution in [2.45, 2.75) is 24.8 Å². The number of methoxy groups -OCH3 is 4. The van der Waals surface area contributed by atoms with E-state index in [1.807, 2.05) is 17.0 Å². The maximum absolute atomic E-state index is 13.9. The van der Waals surface area contributed by atoms with Crippen LogP contribution in [0.25, 0.3) is 0 Å². The lowest BCUT2D eigenvalue weighted by Crippen LogP contribution is -2.46. The van der Waals surface area contributed by atoms with Crippen molar-refractivity contribution in [3.63, 3.8) is 0 Å². The Hall–Kier alpha value is -3.42. The van der Waals surface area contributed by atoms with Gasteiger partial charge < -0.3 is 28.7 Å². The van der Waals surface area contributed by atoms with Crippen molar-refractivity contribution in [3.05, 3.63) is 47.0 Å². The summed E-state index contributed by atoms with van der Waals surface area (Å²) in [5.41, 5.74) is 1.89. The average molecular weight is 455 g/mol. The van der Waals surface area contributed by atoms with Crippen LogP contribution >= 0.6 is 0 Å². The van der Waals surface area contributed by atoms with Crippen LogP contribution in [-0.4, -0.2) is 70.2 Å². The van der Waals surface area contributed by atoms with Gasteiger partial charge in [0.2, 0.25) is 5.91 Å². The van der Waals surface area contributed by atoms with Crippen molar-refractivity contribution in [1.82, 2.24) is 9.80 Å². The monoisotopic (exact) mass is 454 g/mol. The molecule has 2 heterocycles. The van der Waals surface area contributed by atoms with Crippen molar-refractivity contribution < 1.29 is 28.5 Å². The molecule has 2 aliphatic rings. The quantitative estimate of drug-likeness (QED) is 0.667. The van der Waals surface area contributed by atoms with Gasteiger partial charge in [0.15, 0.2) is 23.0 Å². The number of carbonyl (C=O) groups excluding carboxylic acids is 2. The molecule has 0 N–H and O–H groups in total. The van der Waals surface area contributed by atoms with Crippen molar-refractivity contribution in [1.29, 1.82) is 0 Å². The van der Waals surface area contributed by atoms with E-state index in [1.165, 1.54) is 7.11 Å². The highest BCUT2D eigenvalue weighted by molar-refractivity contribution is 6.02. The third-order valence-corrected chi connectivity index (χ3v) is 6.61. The molecular weight excluding hydrogens is 424 g/mol. The van der Waals surface area contributed by atoms with Crippen LogP contribution < -0.4 is 18.9 Å². The van der Waals surface area contributed by atoms with E-state index in [0.717, 1.165) is 18.4 Å². The summed E-state index contributed by atoms with van der Waals surface area (Å²) in [4.78, 5) is 30.9. The zero-order valence-corrected chi connectivity index (χ0v) is 19.7. The maximum Gasteiger partial charge on any atom is 0.254 e. The smallest absolute Gasteiger partial charge is 0.254 e. The van der Waals surface area contributed by atoms with E-state index >= 15 is 0 Å². The van der Waals surface area contributed by atoms with Gasteiger partial charge in [-0.2, -0.15) is 0 Å². The Labute approximate surface area is 194 Å². The summed E-state index contributed by atoms with van der Waals surface area (Å²) >= 11 is 0. The summed E-state index contributed by atoms with van der Waals surface area (Å²) in [7, 11) is 7.94. The molecule has 2 aromatic rings. The number of fused-ring (bicyclic) bond motifs is 1. The lowest BCUT2D eigenvalue weighted by Gasteiger charge is -2.41. The molecule has 2 amide bonds. The first kappa shape index (κ1) is 22.8. The van der Waals surface area contributed by atoms with E-state index < -0.39 is 12.0 Å². The van der Waals surface area contributed by atoms with E-state index in [9.17, 15) is 9.59 Å². The summed E-state index contributed by atoms with van der Waals surface area (Å²) in [6.45, 7) is 1.43. The lowest BCUT2D eigenvalue weighted by atomic mass is 9.78. The molecule has 1 fully saturated rings. The normalized spacial score (nSPS) is 19.8. The minimum Gasteiger partial charge on any atom is -0.493 e. The molecule has 8 heteroatoms. The number of rotatable bonds is 6. The van der Waals surface area contributed by atoms with Gasteiger partial charge >= 0.3 is 0 Å². The maximum atomic E-state index is 13.9. The second kappa shape index (κ2) is 9.21. The number of carbonyl (C=O) groups is 2. The van der Waals surface area contributed by atoms with E-state index in [2.05, 4.69) is 0 Å². The Morgan fingerprint density at radius 3 is 2.03 bits per heavy atom. The Bertz CT molecular complexity index is 1060. The molecule has 0 aromatic heterocycles. The minimum atomic E-state index is -0.598. The topological polar surface area (TPSA) is 77.5 Å². The summed E-state index contributed by atoms with van der Waals surface area (Å²) in [5.74, 6) is 1.28. The van der Waals surface area contributed by atoms with Crippen LogP contribution in [0.3, 0.4) is 0 Å². The highest BCUT2D eigenvalue weighted by atomic mass is 16.5. The van der Waals surface area contributed by atoms with E-state index in [4.69, 9.17) is 18.9 Å². The van der Waals surface area contributed by atoms with E-state index in [0.29, 0.717) is 47.2 Å². The van der Waals surface area contributed by atoms with Gasteiger partial charge in [0.1, 0.15) is 0 Å². The summed E-state index contributed by atoms with van der Waals surface area (Å²) in [5, 5.41) is 0. The number of amides is 2. The Morgan fingerprint density at radius 2 is 1.42 bits per heavy atom. The predicted molar refractivity (Wildman–Crippen MR) is 122 cm³/mol. The molecule has 1 saturated heterocycles. The van der Waals surface area contributed by atoms with Gasteiger partial charge in [-0.15, -0.1) is 0 Å². The van der Waals surface area contributed by atoms with Gasteiger partial charge in [-0.05, 0) is 48.2 Å². The molecule has 0 spiro atoms. The van der Waals surface area contributed by atoms with Crippen molar-refractivity contribution >= 4 is 11.8 Å². The number of ether oxygens (including phenoxy) is 4. The average Bonchev–Trinajstić information content (AvgIpc) is 3.39. The molecule has 2 aromatic carbocycles. The molecule has 4 rings (SSSR count). The predicted octanol–water partition coefficient (Wildman–Crippen LogP) is 3.25. The fourth-order valence-corrected chi connectivity index (χ4v) is 4.90. The van der Waals surface area contributed by atoms with Crippen molar-refractivity contribution in [2.24, 2.45) is 0 Å². The molecule has 0 aliphatic carbocycles. The highest BCUT2D eigenvalue weighted by Crippen LogP contribution is 2.47. The number of likely N-dealkylation sites (N-methyl/N-ethyl adjacent to an activating group) is 1. The summed E-state index contributed by atoms with van der Waals surface area (Å²) in [6, 6.07) is 8.44. The first-order chi connectivity index (χ1) is 15.9. The van der Waals surface area contributed by atoms with Crippen LogP contribution in [0.5, 0.6) is 23.0 Å². The van der Waals surface area contributed by atoms with Crippen LogP contribution in [0.4, 0.5) is 0 Å². The van der Waals surface area contributed by atoms with Crippen molar-refractivity contribution in [2.75, 3.05) is 48.6 Å². The fraction of sp³-hybridized carbons (Fsp3) is 0.440. The molecule has 2 atom stereocenters. The first-order valence-corrected chi connectivity index (χ1v) is 11.0. The molecule has 0 saturated carbocycles. The van der Waals surface area contributed by atoms with Gasteiger partial charge in [0.05, 0.1) is 40.4 Å². The Balaban J connectivity index is 1.92. The Kier molecular flexibility index (Phi) is 6.35. The van der Waals surface area contributed by atoms with Gasteiger partial charge in [0, 0.05) is 25.7 Å². The van der Waals surface area contributed by atoms with Crippen LogP contribution in [0.15, 0.2) is 30.3 Å². The van der Waals surface area contributed by atoms with Gasteiger partial charge in [-0.3, -0.25) is 9.59 Å². The zero-order valence-electron chi connectivity index (χ0n) is 19.7. The van der Waals surface area contributed by atoms with Gasteiger partial charge in [-0.25, -0.2) is 0 Å². The molecule has 8 nitrogen and oxygen atoms in total. The molecule has 2 aliphatic heterocycles. The van der Waals surface area contributed by atoms with Crippen LogP contribution in [0.1, 0.15) is 46.3 Å². The number of hydrogen-bond donors (Lipinski definition) is 0. The number of nitrogens with zero attached hydrogens (tertiary/aromatic N) is 2. The van der Waals surface area contributed by atoms with Gasteiger partial charge in [-0.1, -0.05) is 6.07 Å². The molecule has 33 heavy (non-hydrogen) atoms. The molecule has 0 bridgehead atoms. The standard InChI is InChI=1S/C25H30N2O6/c1-26-23(15-8-9-18(30-2)19(12-15)31-3)22(25(29)27-10-6-7-11-27)16-13-20(32-4)21(33-5)14-17(16)24(26)28/h8-9,12-14,22-23H,6-7,10-11H2,1-5H3/t22-,23-/m1/s1. The molecular formula is C25H30N2O6. The SMILES string of the molecule is COc1ccc([C@@H]2[C@H](C(=O)N3CCCC3)c3cc(OC)c(OC)cc3C(=O)N2C)cc1OC. The Morgan fingerprint density at radius 1 is 0.848 bits per heavy atom. The second-order valence-electron chi connectivity index (χ2n) is 8.28. The van der Waals surface area contributed by atoms with E-state index in [-0.39, 0.29) is 11.8 Å². The third-order valence-electron chi connectivity index (χ3n) is 6.61. The number of likely N-dealkylation sites (tertiary alicyclic amines) is 1. The zero-order chi connectivity index (χ0) is 23.7. The fourth-order valence-electron chi connectivity index (χ4n) is 4.90. The molecule has 176 valence electrons. The van der Waals surface area contributed by atoms with Crippen LogP contribution in [0, 0.1) is 0 Å². The summed E-state index contributed by atoms with van der Waals surface area (Å²) in [6.07, 6.45) is 1.96. The van der Waals surface area contributed by atoms with Crippen molar-refractivity contribution in [3.8, 4) is 23.0 Å². The minimum absolute atomic E-state index is 0.0000970. The van der Waals surface area contributed by atoms with Crippen LogP contribution in [-0.2, 0) is 4.79 Å². The summed E-state index contributed by atoms with van der Waals surface area (Å²) < 4.78 is 21.8. The first-order valence-electron chi connectivity index (χ1n) is 11.0. The molecule has 0 unspecified atom stereocenters. The largest absolute Gasteiger partial charge is 0.493 e. The molecule has 0 radical (unpaired) electrons. The van der Waals surface area contributed by atoms with Crippen LogP contribution in [0.2, 0.25) is 0 Å². The van der Waals surface area contributed by atoms with E-state index in [1.54, 1.807) is 51.5 Å². The third kappa shape index (κ3) is 3.83. The second-order valence-corrected chi connectivity index (χ2v) is 8.28. The van der Waals surface area contributed by atoms with Gasteiger partial charge in [0.25, 0.3) is 5.91 Å². The number of hydrogen-bond acceptors (Lipinski definition) is 6. The highest BCUT2D eigenvalue weighted by Gasteiger charge is 2.45. The number of benzene rings is 2. The lowest BCUT2D eigenvalue weighted by molar-refractivity contribution is -0.133.